The first-order valence-corrected chi connectivity index (χ1v) is 7.49. The summed E-state index contributed by atoms with van der Waals surface area (Å²) >= 11 is 5.63. The van der Waals surface area contributed by atoms with E-state index in [0.717, 1.165) is 34.8 Å². The third-order valence-corrected chi connectivity index (χ3v) is 3.22. The molecule has 0 aliphatic rings. The van der Waals surface area contributed by atoms with Crippen LogP contribution in [0.2, 0.25) is 0 Å². The third kappa shape index (κ3) is 4.03. The molecule has 1 heterocycles. The molecule has 1 aromatic heterocycles. The molecular formula is C17H19ClN2O. The Balaban J connectivity index is 2.19. The van der Waals surface area contributed by atoms with Crippen molar-refractivity contribution < 1.29 is 4.74 Å². The molecule has 0 aliphatic carbocycles. The Morgan fingerprint density at radius 3 is 2.81 bits per heavy atom. The Labute approximate surface area is 130 Å². The molecule has 0 radical (unpaired) electrons. The van der Waals surface area contributed by atoms with Gasteiger partial charge in [0.1, 0.15) is 12.4 Å². The average molecular weight is 303 g/mol. The van der Waals surface area contributed by atoms with Crippen LogP contribution in [0.15, 0.2) is 24.3 Å². The van der Waals surface area contributed by atoms with Gasteiger partial charge in [0.15, 0.2) is 0 Å². The predicted octanol–water partition coefficient (Wildman–Crippen LogP) is 3.69. The molecule has 0 atom stereocenters. The lowest BCUT2D eigenvalue weighted by Gasteiger charge is -2.10. The first-order chi connectivity index (χ1) is 10.1. The molecule has 1 aromatic carbocycles. The first-order valence-electron chi connectivity index (χ1n) is 6.95. The molecule has 0 aliphatic heterocycles. The molecule has 0 unspecified atom stereocenters. The van der Waals surface area contributed by atoms with Gasteiger partial charge in [0.05, 0.1) is 22.8 Å². The van der Waals surface area contributed by atoms with E-state index >= 15 is 0 Å². The SMILES string of the molecule is CCn1nc(C)cc1COc1ccc(C)cc1C#CCCl. The second-order valence-corrected chi connectivity index (χ2v) is 5.08. The fraction of sp³-hybridized carbons (Fsp3) is 0.353. The molecule has 0 saturated heterocycles. The molecule has 2 aromatic rings. The molecule has 0 amide bonds. The van der Waals surface area contributed by atoms with Crippen molar-refractivity contribution in [1.29, 1.82) is 0 Å². The van der Waals surface area contributed by atoms with Crippen LogP contribution < -0.4 is 4.74 Å². The van der Waals surface area contributed by atoms with Crippen molar-refractivity contribution >= 4 is 11.6 Å². The van der Waals surface area contributed by atoms with Crippen molar-refractivity contribution in [2.24, 2.45) is 0 Å². The molecule has 0 N–H and O–H groups in total. The van der Waals surface area contributed by atoms with Gasteiger partial charge in [-0.15, -0.1) is 11.6 Å². The molecule has 4 heteroatoms. The highest BCUT2D eigenvalue weighted by molar-refractivity contribution is 6.19. The number of rotatable bonds is 4. The molecule has 0 spiro atoms. The number of ether oxygens (including phenoxy) is 1. The van der Waals surface area contributed by atoms with Gasteiger partial charge in [0.2, 0.25) is 0 Å². The summed E-state index contributed by atoms with van der Waals surface area (Å²) in [6.07, 6.45) is 0. The maximum Gasteiger partial charge on any atom is 0.135 e. The second kappa shape index (κ2) is 7.19. The molecule has 0 fully saturated rings. The van der Waals surface area contributed by atoms with Crippen LogP contribution in [0.5, 0.6) is 5.75 Å². The largest absolute Gasteiger partial charge is 0.486 e. The normalized spacial score (nSPS) is 10.1. The number of hydrogen-bond donors (Lipinski definition) is 0. The second-order valence-electron chi connectivity index (χ2n) is 4.82. The van der Waals surface area contributed by atoms with Gasteiger partial charge >= 0.3 is 0 Å². The minimum absolute atomic E-state index is 0.315. The van der Waals surface area contributed by atoms with Crippen molar-refractivity contribution in [3.63, 3.8) is 0 Å². The molecule has 3 nitrogen and oxygen atoms in total. The van der Waals surface area contributed by atoms with Crippen molar-refractivity contribution in [1.82, 2.24) is 9.78 Å². The van der Waals surface area contributed by atoms with E-state index in [1.165, 1.54) is 0 Å². The average Bonchev–Trinajstić information content (AvgIpc) is 2.84. The van der Waals surface area contributed by atoms with E-state index in [0.29, 0.717) is 12.5 Å². The van der Waals surface area contributed by atoms with E-state index in [-0.39, 0.29) is 0 Å². The minimum Gasteiger partial charge on any atom is -0.486 e. The van der Waals surface area contributed by atoms with Crippen molar-refractivity contribution in [3.05, 3.63) is 46.8 Å². The summed E-state index contributed by atoms with van der Waals surface area (Å²) < 4.78 is 7.88. The summed E-state index contributed by atoms with van der Waals surface area (Å²) in [5.41, 5.74) is 4.08. The lowest BCUT2D eigenvalue weighted by atomic mass is 10.1. The Kier molecular flexibility index (Phi) is 5.30. The lowest BCUT2D eigenvalue weighted by Crippen LogP contribution is -2.06. The van der Waals surface area contributed by atoms with E-state index in [2.05, 4.69) is 23.9 Å². The molecule has 0 bridgehead atoms. The standard InChI is InChI=1S/C17H19ClN2O/c1-4-20-16(11-14(3)19-20)12-21-17-8-7-13(2)10-15(17)6-5-9-18/h7-8,10-11H,4,9,12H2,1-3H3. The molecule has 0 saturated carbocycles. The minimum atomic E-state index is 0.315. The highest BCUT2D eigenvalue weighted by Gasteiger charge is 2.07. The smallest absolute Gasteiger partial charge is 0.135 e. The summed E-state index contributed by atoms with van der Waals surface area (Å²) in [6, 6.07) is 8.02. The molecule has 2 rings (SSSR count). The van der Waals surface area contributed by atoms with Crippen LogP contribution in [0.1, 0.15) is 29.4 Å². The van der Waals surface area contributed by atoms with E-state index in [9.17, 15) is 0 Å². The zero-order valence-corrected chi connectivity index (χ0v) is 13.4. The third-order valence-electron chi connectivity index (χ3n) is 3.09. The number of hydrogen-bond acceptors (Lipinski definition) is 2. The lowest BCUT2D eigenvalue weighted by molar-refractivity contribution is 0.291. The van der Waals surface area contributed by atoms with Crippen LogP contribution >= 0.6 is 11.6 Å². The zero-order valence-electron chi connectivity index (χ0n) is 12.6. The van der Waals surface area contributed by atoms with Crippen molar-refractivity contribution in [2.45, 2.75) is 33.9 Å². The van der Waals surface area contributed by atoms with Gasteiger partial charge < -0.3 is 4.74 Å². The highest BCUT2D eigenvalue weighted by atomic mass is 35.5. The summed E-state index contributed by atoms with van der Waals surface area (Å²) in [5.74, 6) is 7.01. The maximum absolute atomic E-state index is 5.92. The molecular weight excluding hydrogens is 284 g/mol. The van der Waals surface area contributed by atoms with Gasteiger partial charge in [-0.05, 0) is 44.5 Å². The molecule has 21 heavy (non-hydrogen) atoms. The van der Waals surface area contributed by atoms with Crippen LogP contribution in [0.3, 0.4) is 0 Å². The number of aryl methyl sites for hydroxylation is 3. The first kappa shape index (κ1) is 15.5. The molecule has 110 valence electrons. The van der Waals surface area contributed by atoms with Gasteiger partial charge in [-0.2, -0.15) is 5.10 Å². The zero-order chi connectivity index (χ0) is 15.2. The Morgan fingerprint density at radius 1 is 1.29 bits per heavy atom. The summed E-state index contributed by atoms with van der Waals surface area (Å²) in [6.45, 7) is 7.40. The van der Waals surface area contributed by atoms with Gasteiger partial charge in [-0.25, -0.2) is 0 Å². The van der Waals surface area contributed by atoms with E-state index in [1.807, 2.05) is 42.8 Å². The summed E-state index contributed by atoms with van der Waals surface area (Å²) in [4.78, 5) is 0. The fourth-order valence-corrected chi connectivity index (χ4v) is 2.20. The van der Waals surface area contributed by atoms with Gasteiger partial charge in [-0.3, -0.25) is 4.68 Å². The van der Waals surface area contributed by atoms with Gasteiger partial charge in [-0.1, -0.05) is 17.9 Å². The highest BCUT2D eigenvalue weighted by Crippen LogP contribution is 2.20. The number of benzene rings is 1. The Bertz CT molecular complexity index is 680. The number of nitrogens with zero attached hydrogens (tertiary/aromatic N) is 2. The summed E-state index contributed by atoms with van der Waals surface area (Å²) in [7, 11) is 0. The van der Waals surface area contributed by atoms with E-state index < -0.39 is 0 Å². The van der Waals surface area contributed by atoms with Crippen LogP contribution in [0, 0.1) is 25.7 Å². The number of aromatic nitrogens is 2. The quantitative estimate of drug-likeness (QED) is 0.636. The van der Waals surface area contributed by atoms with Gasteiger partial charge in [0.25, 0.3) is 0 Å². The Morgan fingerprint density at radius 2 is 2.10 bits per heavy atom. The summed E-state index contributed by atoms with van der Waals surface area (Å²) in [5, 5.41) is 4.42. The monoisotopic (exact) mass is 302 g/mol. The van der Waals surface area contributed by atoms with E-state index in [4.69, 9.17) is 16.3 Å². The predicted molar refractivity (Wildman–Crippen MR) is 85.7 cm³/mol. The van der Waals surface area contributed by atoms with Gasteiger partial charge in [0, 0.05) is 6.54 Å². The van der Waals surface area contributed by atoms with Crippen LogP contribution in [-0.2, 0) is 13.2 Å². The van der Waals surface area contributed by atoms with E-state index in [1.54, 1.807) is 0 Å². The van der Waals surface area contributed by atoms with Crippen LogP contribution in [0.4, 0.5) is 0 Å². The fourth-order valence-electron chi connectivity index (χ4n) is 2.14. The van der Waals surface area contributed by atoms with Crippen LogP contribution in [-0.4, -0.2) is 15.7 Å². The Hall–Kier alpha value is -1.92. The number of halogens is 1. The maximum atomic E-state index is 5.92. The van der Waals surface area contributed by atoms with Crippen molar-refractivity contribution in [2.75, 3.05) is 5.88 Å². The number of alkyl halides is 1. The van der Waals surface area contributed by atoms with Crippen LogP contribution in [0.25, 0.3) is 0 Å². The topological polar surface area (TPSA) is 27.1 Å². The van der Waals surface area contributed by atoms with Crippen molar-refractivity contribution in [3.8, 4) is 17.6 Å².